The lowest BCUT2D eigenvalue weighted by Gasteiger charge is -2.24. The van der Waals surface area contributed by atoms with Crippen molar-refractivity contribution in [2.75, 3.05) is 25.5 Å². The molecule has 0 amide bonds. The Morgan fingerprint density at radius 3 is 2.67 bits per heavy atom. The molecule has 0 fully saturated rings. The number of Topliss-reactive ketones (excluding diaryl/α,β-unsaturated/α-hetero) is 1. The zero-order valence-corrected chi connectivity index (χ0v) is 18.3. The van der Waals surface area contributed by atoms with Crippen LogP contribution in [0.2, 0.25) is 0 Å². The maximum atomic E-state index is 13.1. The second kappa shape index (κ2) is 8.99. The number of carboxylic acid groups (broad SMARTS) is 1. The molecule has 3 aromatic rings. The molecule has 0 saturated carbocycles. The van der Waals surface area contributed by atoms with Gasteiger partial charge in [0.1, 0.15) is 17.1 Å². The first-order chi connectivity index (χ1) is 15.6. The number of aliphatic carboxylic acids is 1. The van der Waals surface area contributed by atoms with Gasteiger partial charge in [-0.1, -0.05) is 12.1 Å². The minimum Gasteiger partial charge on any atom is -0.480 e. The smallest absolute Gasteiger partial charge is 0.480 e. The van der Waals surface area contributed by atoms with E-state index in [9.17, 15) is 22.8 Å². The quantitative estimate of drug-likeness (QED) is 0.493. The number of ether oxygens (including phenoxy) is 1. The molecule has 174 valence electrons. The summed E-state index contributed by atoms with van der Waals surface area (Å²) in [5.74, 6) is -1.73. The highest BCUT2D eigenvalue weighted by Gasteiger charge is 2.31. The molecule has 3 heterocycles. The van der Waals surface area contributed by atoms with Crippen LogP contribution in [0.25, 0.3) is 10.2 Å². The van der Waals surface area contributed by atoms with Gasteiger partial charge >= 0.3 is 12.3 Å². The van der Waals surface area contributed by atoms with Crippen LogP contribution in [-0.2, 0) is 24.2 Å². The highest BCUT2D eigenvalue weighted by Crippen LogP contribution is 2.38. The van der Waals surface area contributed by atoms with Crippen molar-refractivity contribution in [1.82, 2.24) is 9.88 Å². The molecular weight excluding hydrogens is 459 g/mol. The number of pyridine rings is 1. The van der Waals surface area contributed by atoms with Gasteiger partial charge < -0.3 is 20.1 Å². The molecule has 0 radical (unpaired) electrons. The molecule has 0 saturated heterocycles. The van der Waals surface area contributed by atoms with E-state index in [2.05, 4.69) is 15.0 Å². The fourth-order valence-corrected chi connectivity index (χ4v) is 4.82. The van der Waals surface area contributed by atoms with Crippen molar-refractivity contribution in [1.29, 1.82) is 0 Å². The summed E-state index contributed by atoms with van der Waals surface area (Å²) in [4.78, 5) is 32.1. The normalized spacial score (nSPS) is 14.2. The van der Waals surface area contributed by atoms with Crippen molar-refractivity contribution in [2.24, 2.45) is 0 Å². The molecule has 0 bridgehead atoms. The van der Waals surface area contributed by atoms with E-state index in [4.69, 9.17) is 10.1 Å². The summed E-state index contributed by atoms with van der Waals surface area (Å²) in [5, 5.41) is 12.7. The third kappa shape index (κ3) is 5.42. The number of alkyl halides is 3. The number of fused-ring (bicyclic) bond motifs is 2. The Labute approximate surface area is 190 Å². The summed E-state index contributed by atoms with van der Waals surface area (Å²) in [6.07, 6.45) is -4.07. The Balaban J connectivity index is 1.64. The first-order valence-corrected chi connectivity index (χ1v) is 10.9. The van der Waals surface area contributed by atoms with Crippen molar-refractivity contribution < 1.29 is 32.6 Å². The highest BCUT2D eigenvalue weighted by atomic mass is 32.1. The Morgan fingerprint density at radius 2 is 2.00 bits per heavy atom. The first-order valence-electron chi connectivity index (χ1n) is 10.1. The molecule has 0 unspecified atom stereocenters. The molecule has 11 heteroatoms. The Bertz CT molecular complexity index is 1210. The second-order valence-electron chi connectivity index (χ2n) is 7.78. The number of benzene rings is 1. The number of nitrogens with one attached hydrogen (secondary N) is 1. The predicted molar refractivity (Wildman–Crippen MR) is 117 cm³/mol. The zero-order chi connectivity index (χ0) is 23.8. The number of carbonyl (C=O) groups excluding carboxylic acids is 1. The molecule has 1 aliphatic heterocycles. The van der Waals surface area contributed by atoms with Gasteiger partial charge in [-0.25, -0.2) is 4.98 Å². The lowest BCUT2D eigenvalue weighted by Crippen LogP contribution is -2.27. The minimum absolute atomic E-state index is 0.0661. The standard InChI is InChI=1S/C22H20F3N3O4S/c1-28-7-6-16-13(11-28)9-15-19(26-10-18(30)31)20(33-21(15)27-16)17(29)8-12-2-4-14(5-3-12)32-22(23,24)25/h2-5,9,26H,6-8,10-11H2,1H3,(H,30,31). The largest absolute Gasteiger partial charge is 0.573 e. The van der Waals surface area contributed by atoms with Gasteiger partial charge in [0.2, 0.25) is 0 Å². The summed E-state index contributed by atoms with van der Waals surface area (Å²) in [6.45, 7) is 1.22. The van der Waals surface area contributed by atoms with Crippen molar-refractivity contribution in [3.05, 3.63) is 52.0 Å². The summed E-state index contributed by atoms with van der Waals surface area (Å²) >= 11 is 1.18. The number of aromatic nitrogens is 1. The van der Waals surface area contributed by atoms with E-state index in [-0.39, 0.29) is 24.5 Å². The first kappa shape index (κ1) is 23.0. The summed E-state index contributed by atoms with van der Waals surface area (Å²) in [6, 6.07) is 7.04. The molecule has 0 atom stereocenters. The average Bonchev–Trinajstić information content (AvgIpc) is 3.08. The monoisotopic (exact) mass is 479 g/mol. The number of anilines is 1. The van der Waals surface area contributed by atoms with Crippen molar-refractivity contribution in [2.45, 2.75) is 25.7 Å². The summed E-state index contributed by atoms with van der Waals surface area (Å²) in [7, 11) is 2.00. The SMILES string of the molecule is CN1CCc2nc3sc(C(=O)Cc4ccc(OC(F)(F)F)cc4)c(NCC(=O)O)c3cc2C1. The van der Waals surface area contributed by atoms with E-state index < -0.39 is 12.3 Å². The fourth-order valence-electron chi connectivity index (χ4n) is 3.73. The fraction of sp³-hybridized carbons (Fsp3) is 0.318. The number of hydrogen-bond acceptors (Lipinski definition) is 7. The van der Waals surface area contributed by atoms with E-state index >= 15 is 0 Å². The number of thiophene rings is 1. The van der Waals surface area contributed by atoms with Crippen LogP contribution in [0.1, 0.15) is 26.5 Å². The number of ketones is 1. The number of carbonyl (C=O) groups is 2. The topological polar surface area (TPSA) is 91.8 Å². The third-order valence-electron chi connectivity index (χ3n) is 5.21. The molecule has 7 nitrogen and oxygen atoms in total. The van der Waals surface area contributed by atoms with Gasteiger partial charge in [-0.05, 0) is 36.4 Å². The van der Waals surface area contributed by atoms with Crippen LogP contribution in [0, 0.1) is 0 Å². The Kier molecular flexibility index (Phi) is 6.26. The molecule has 0 spiro atoms. The van der Waals surface area contributed by atoms with E-state index in [1.807, 2.05) is 13.1 Å². The zero-order valence-electron chi connectivity index (χ0n) is 17.5. The lowest BCUT2D eigenvalue weighted by molar-refractivity contribution is -0.274. The molecule has 1 aromatic carbocycles. The Hall–Kier alpha value is -3.18. The minimum atomic E-state index is -4.79. The number of halogens is 3. The third-order valence-corrected chi connectivity index (χ3v) is 6.35. The van der Waals surface area contributed by atoms with Crippen LogP contribution in [0.3, 0.4) is 0 Å². The average molecular weight is 479 g/mol. The number of carboxylic acids is 1. The van der Waals surface area contributed by atoms with Gasteiger partial charge in [-0.3, -0.25) is 9.59 Å². The summed E-state index contributed by atoms with van der Waals surface area (Å²) in [5.41, 5.74) is 2.92. The van der Waals surface area contributed by atoms with Crippen LogP contribution < -0.4 is 10.1 Å². The van der Waals surface area contributed by atoms with E-state index in [1.54, 1.807) is 0 Å². The number of nitrogens with zero attached hydrogens (tertiary/aromatic N) is 2. The molecule has 2 aromatic heterocycles. The molecule has 2 N–H and O–H groups in total. The van der Waals surface area contributed by atoms with Gasteiger partial charge in [-0.2, -0.15) is 0 Å². The van der Waals surface area contributed by atoms with E-state index in [0.29, 0.717) is 32.9 Å². The van der Waals surface area contributed by atoms with Crippen LogP contribution in [0.4, 0.5) is 18.9 Å². The van der Waals surface area contributed by atoms with Crippen LogP contribution in [0.5, 0.6) is 5.75 Å². The molecule has 4 rings (SSSR count). The lowest BCUT2D eigenvalue weighted by atomic mass is 10.0. The second-order valence-corrected chi connectivity index (χ2v) is 8.78. The predicted octanol–water partition coefficient (Wildman–Crippen LogP) is 4.10. The molecular formula is C22H20F3N3O4S. The highest BCUT2D eigenvalue weighted by molar-refractivity contribution is 7.21. The Morgan fingerprint density at radius 1 is 1.27 bits per heavy atom. The van der Waals surface area contributed by atoms with Gasteiger partial charge in [0.15, 0.2) is 5.78 Å². The molecule has 1 aliphatic rings. The van der Waals surface area contributed by atoms with Crippen LogP contribution in [-0.4, -0.2) is 53.2 Å². The molecule has 33 heavy (non-hydrogen) atoms. The van der Waals surface area contributed by atoms with Crippen molar-refractivity contribution in [3.63, 3.8) is 0 Å². The van der Waals surface area contributed by atoms with Gasteiger partial charge in [-0.15, -0.1) is 24.5 Å². The van der Waals surface area contributed by atoms with Crippen LogP contribution in [0.15, 0.2) is 30.3 Å². The molecule has 0 aliphatic carbocycles. The van der Waals surface area contributed by atoms with Gasteiger partial charge in [0, 0.05) is 37.0 Å². The van der Waals surface area contributed by atoms with Crippen LogP contribution >= 0.6 is 11.3 Å². The number of rotatable bonds is 7. The number of likely N-dealkylation sites (N-methyl/N-ethyl adjacent to an activating group) is 1. The van der Waals surface area contributed by atoms with Crippen molar-refractivity contribution in [3.8, 4) is 5.75 Å². The maximum Gasteiger partial charge on any atom is 0.573 e. The number of hydrogen-bond donors (Lipinski definition) is 2. The summed E-state index contributed by atoms with van der Waals surface area (Å²) < 4.78 is 40.9. The van der Waals surface area contributed by atoms with Crippen molar-refractivity contribution >= 4 is 39.0 Å². The van der Waals surface area contributed by atoms with Gasteiger partial charge in [0.05, 0.1) is 10.6 Å². The van der Waals surface area contributed by atoms with E-state index in [1.165, 1.54) is 23.5 Å². The van der Waals surface area contributed by atoms with Gasteiger partial charge in [0.25, 0.3) is 0 Å². The van der Waals surface area contributed by atoms with E-state index in [0.717, 1.165) is 36.4 Å². The maximum absolute atomic E-state index is 13.1.